The molecule has 0 bridgehead atoms. The summed E-state index contributed by atoms with van der Waals surface area (Å²) in [6, 6.07) is 16.7. The third kappa shape index (κ3) is 4.55. The molecular formula is C20H18F3N3O. The third-order valence-corrected chi connectivity index (χ3v) is 4.05. The van der Waals surface area contributed by atoms with Crippen LogP contribution in [0.4, 0.5) is 19.1 Å². The summed E-state index contributed by atoms with van der Waals surface area (Å²) < 4.78 is 45.0. The maximum absolute atomic E-state index is 13.3. The first-order valence-electron chi connectivity index (χ1n) is 8.29. The van der Waals surface area contributed by atoms with Gasteiger partial charge in [-0.3, -0.25) is 0 Å². The van der Waals surface area contributed by atoms with Crippen molar-refractivity contribution >= 4 is 5.95 Å². The van der Waals surface area contributed by atoms with Crippen molar-refractivity contribution in [2.24, 2.45) is 0 Å². The first kappa shape index (κ1) is 18.7. The van der Waals surface area contributed by atoms with E-state index in [1.165, 1.54) is 7.11 Å². The summed E-state index contributed by atoms with van der Waals surface area (Å²) in [5.74, 6) is 0.534. The van der Waals surface area contributed by atoms with Gasteiger partial charge in [-0.25, -0.2) is 9.97 Å². The summed E-state index contributed by atoms with van der Waals surface area (Å²) >= 11 is 0. The maximum atomic E-state index is 13.3. The van der Waals surface area contributed by atoms with Crippen LogP contribution in [0.2, 0.25) is 0 Å². The lowest BCUT2D eigenvalue weighted by Crippen LogP contribution is -2.14. The number of methoxy groups -OCH3 is 1. The van der Waals surface area contributed by atoms with E-state index in [1.807, 2.05) is 37.3 Å². The molecule has 0 fully saturated rings. The van der Waals surface area contributed by atoms with Crippen LogP contribution >= 0.6 is 0 Å². The van der Waals surface area contributed by atoms with Gasteiger partial charge in [-0.05, 0) is 42.8 Å². The molecule has 0 saturated carbocycles. The minimum absolute atomic E-state index is 0.0769. The van der Waals surface area contributed by atoms with Crippen molar-refractivity contribution in [3.05, 3.63) is 71.9 Å². The van der Waals surface area contributed by atoms with E-state index in [-0.39, 0.29) is 17.7 Å². The molecule has 0 amide bonds. The fourth-order valence-electron chi connectivity index (χ4n) is 2.59. The van der Waals surface area contributed by atoms with Crippen LogP contribution in [0, 0.1) is 0 Å². The monoisotopic (exact) mass is 373 g/mol. The zero-order valence-electron chi connectivity index (χ0n) is 14.8. The summed E-state index contributed by atoms with van der Waals surface area (Å²) in [6.07, 6.45) is -4.57. The lowest BCUT2D eigenvalue weighted by Gasteiger charge is -2.16. The fourth-order valence-corrected chi connectivity index (χ4v) is 2.59. The minimum atomic E-state index is -4.57. The zero-order chi connectivity index (χ0) is 19.4. The Balaban J connectivity index is 1.97. The molecule has 0 aliphatic heterocycles. The van der Waals surface area contributed by atoms with Crippen molar-refractivity contribution in [1.29, 1.82) is 0 Å². The predicted octanol–water partition coefficient (Wildman–Crippen LogP) is 5.34. The van der Waals surface area contributed by atoms with Gasteiger partial charge in [0.15, 0.2) is 5.69 Å². The Bertz CT molecular complexity index is 897. The molecule has 0 spiro atoms. The molecule has 140 valence electrons. The molecule has 2 aromatic carbocycles. The Morgan fingerprint density at radius 3 is 2.22 bits per heavy atom. The average molecular weight is 373 g/mol. The molecule has 0 saturated heterocycles. The number of alkyl halides is 3. The van der Waals surface area contributed by atoms with Crippen molar-refractivity contribution in [2.45, 2.75) is 19.1 Å². The largest absolute Gasteiger partial charge is 0.497 e. The Kier molecular flexibility index (Phi) is 5.30. The molecule has 0 unspecified atom stereocenters. The Labute approximate surface area is 155 Å². The second kappa shape index (κ2) is 7.65. The normalized spacial score (nSPS) is 12.5. The van der Waals surface area contributed by atoms with Gasteiger partial charge < -0.3 is 10.1 Å². The summed E-state index contributed by atoms with van der Waals surface area (Å²) in [5, 5.41) is 2.96. The number of hydrogen-bond donors (Lipinski definition) is 1. The number of halogens is 3. The van der Waals surface area contributed by atoms with Crippen molar-refractivity contribution in [2.75, 3.05) is 12.4 Å². The molecule has 4 nitrogen and oxygen atoms in total. The predicted molar refractivity (Wildman–Crippen MR) is 97.5 cm³/mol. The molecule has 1 N–H and O–H groups in total. The molecule has 3 rings (SSSR count). The standard InChI is InChI=1S/C20H18F3N3O/c1-13(14-6-4-3-5-7-14)24-19-25-17(12-18(26-19)20(21,22)23)15-8-10-16(27-2)11-9-15/h3-13H,1-2H3,(H,24,25,26)/t13-/m1/s1. The highest BCUT2D eigenvalue weighted by Crippen LogP contribution is 2.32. The number of benzene rings is 2. The number of aromatic nitrogens is 2. The van der Waals surface area contributed by atoms with E-state index < -0.39 is 11.9 Å². The molecule has 1 aromatic heterocycles. The summed E-state index contributed by atoms with van der Waals surface area (Å²) in [4.78, 5) is 7.93. The van der Waals surface area contributed by atoms with Crippen molar-refractivity contribution in [1.82, 2.24) is 9.97 Å². The molecule has 3 aromatic rings. The average Bonchev–Trinajstić information content (AvgIpc) is 2.68. The highest BCUT2D eigenvalue weighted by atomic mass is 19.4. The number of anilines is 1. The summed E-state index contributed by atoms with van der Waals surface area (Å²) in [7, 11) is 1.52. The van der Waals surface area contributed by atoms with E-state index in [0.717, 1.165) is 11.6 Å². The molecule has 27 heavy (non-hydrogen) atoms. The van der Waals surface area contributed by atoms with Crippen LogP contribution in [0.3, 0.4) is 0 Å². The topological polar surface area (TPSA) is 47.0 Å². The van der Waals surface area contributed by atoms with E-state index in [9.17, 15) is 13.2 Å². The number of hydrogen-bond acceptors (Lipinski definition) is 4. The Hall–Kier alpha value is -3.09. The van der Waals surface area contributed by atoms with Gasteiger partial charge >= 0.3 is 6.18 Å². The minimum Gasteiger partial charge on any atom is -0.497 e. The molecule has 1 atom stereocenters. The van der Waals surface area contributed by atoms with Crippen LogP contribution in [0.25, 0.3) is 11.3 Å². The van der Waals surface area contributed by atoms with Gasteiger partial charge in [-0.1, -0.05) is 30.3 Å². The molecular weight excluding hydrogens is 355 g/mol. The van der Waals surface area contributed by atoms with Gasteiger partial charge in [0.05, 0.1) is 18.8 Å². The van der Waals surface area contributed by atoms with E-state index in [1.54, 1.807) is 24.3 Å². The number of ether oxygens (including phenoxy) is 1. The highest BCUT2D eigenvalue weighted by molar-refractivity contribution is 5.62. The molecule has 0 aliphatic rings. The first-order chi connectivity index (χ1) is 12.9. The van der Waals surface area contributed by atoms with Crippen molar-refractivity contribution in [3.63, 3.8) is 0 Å². The lowest BCUT2D eigenvalue weighted by atomic mass is 10.1. The zero-order valence-corrected chi connectivity index (χ0v) is 14.8. The van der Waals surface area contributed by atoms with E-state index in [2.05, 4.69) is 15.3 Å². The number of rotatable bonds is 5. The van der Waals surface area contributed by atoms with Crippen LogP contribution in [0.15, 0.2) is 60.7 Å². The lowest BCUT2D eigenvalue weighted by molar-refractivity contribution is -0.141. The van der Waals surface area contributed by atoms with Crippen LogP contribution in [-0.2, 0) is 6.18 Å². The Morgan fingerprint density at radius 2 is 1.63 bits per heavy atom. The van der Waals surface area contributed by atoms with Crippen molar-refractivity contribution in [3.8, 4) is 17.0 Å². The van der Waals surface area contributed by atoms with E-state index in [0.29, 0.717) is 11.3 Å². The maximum Gasteiger partial charge on any atom is 0.433 e. The smallest absolute Gasteiger partial charge is 0.433 e. The van der Waals surface area contributed by atoms with Gasteiger partial charge in [0.25, 0.3) is 0 Å². The molecule has 0 aliphatic carbocycles. The van der Waals surface area contributed by atoms with Gasteiger partial charge in [-0.15, -0.1) is 0 Å². The van der Waals surface area contributed by atoms with Gasteiger partial charge in [0.1, 0.15) is 5.75 Å². The van der Waals surface area contributed by atoms with Crippen molar-refractivity contribution < 1.29 is 17.9 Å². The second-order valence-corrected chi connectivity index (χ2v) is 5.97. The number of nitrogens with one attached hydrogen (secondary N) is 1. The van der Waals surface area contributed by atoms with Gasteiger partial charge in [-0.2, -0.15) is 13.2 Å². The molecule has 1 heterocycles. The third-order valence-electron chi connectivity index (χ3n) is 4.05. The van der Waals surface area contributed by atoms with Gasteiger partial charge in [0.2, 0.25) is 5.95 Å². The van der Waals surface area contributed by atoms with Crippen LogP contribution in [-0.4, -0.2) is 17.1 Å². The highest BCUT2D eigenvalue weighted by Gasteiger charge is 2.34. The summed E-state index contributed by atoms with van der Waals surface area (Å²) in [6.45, 7) is 1.84. The van der Waals surface area contributed by atoms with Crippen LogP contribution in [0.1, 0.15) is 24.2 Å². The van der Waals surface area contributed by atoms with Crippen LogP contribution < -0.4 is 10.1 Å². The quantitative estimate of drug-likeness (QED) is 0.655. The second-order valence-electron chi connectivity index (χ2n) is 5.97. The van der Waals surface area contributed by atoms with E-state index in [4.69, 9.17) is 4.74 Å². The Morgan fingerprint density at radius 1 is 0.963 bits per heavy atom. The van der Waals surface area contributed by atoms with Crippen LogP contribution in [0.5, 0.6) is 5.75 Å². The summed E-state index contributed by atoms with van der Waals surface area (Å²) in [5.41, 5.74) is 0.650. The number of nitrogens with zero attached hydrogens (tertiary/aromatic N) is 2. The molecule has 7 heteroatoms. The fraction of sp³-hybridized carbons (Fsp3) is 0.200. The van der Waals surface area contributed by atoms with E-state index >= 15 is 0 Å². The van der Waals surface area contributed by atoms with Gasteiger partial charge in [0, 0.05) is 5.56 Å². The SMILES string of the molecule is COc1ccc(-c2cc(C(F)(F)F)nc(N[C@H](C)c3ccccc3)n2)cc1. The first-order valence-corrected chi connectivity index (χ1v) is 8.29. The molecule has 0 radical (unpaired) electrons.